The van der Waals surface area contributed by atoms with Gasteiger partial charge in [-0.15, -0.1) is 0 Å². The lowest BCUT2D eigenvalue weighted by Gasteiger charge is -2.13. The highest BCUT2D eigenvalue weighted by atomic mass is 16.5. The molecule has 1 rings (SSSR count). The molecule has 1 amide bonds. The van der Waals surface area contributed by atoms with Gasteiger partial charge in [-0.2, -0.15) is 0 Å². The van der Waals surface area contributed by atoms with Crippen molar-refractivity contribution in [2.45, 2.75) is 32.7 Å². The fourth-order valence-corrected chi connectivity index (χ4v) is 1.58. The Labute approximate surface area is 112 Å². The van der Waals surface area contributed by atoms with Crippen LogP contribution in [-0.4, -0.2) is 29.6 Å². The molecule has 1 aromatic rings. The third-order valence-corrected chi connectivity index (χ3v) is 2.72. The van der Waals surface area contributed by atoms with E-state index < -0.39 is 12.0 Å². The molecule has 0 saturated carbocycles. The second-order valence-electron chi connectivity index (χ2n) is 4.23. The van der Waals surface area contributed by atoms with Gasteiger partial charge in [0.15, 0.2) is 0 Å². The van der Waals surface area contributed by atoms with Gasteiger partial charge in [-0.25, -0.2) is 4.79 Å². The molecule has 0 aromatic heterocycles. The first-order valence-corrected chi connectivity index (χ1v) is 6.25. The zero-order valence-corrected chi connectivity index (χ0v) is 11.2. The fraction of sp³-hybridized carbons (Fsp3) is 0.429. The number of nitrogens with one attached hydrogen (secondary N) is 1. The van der Waals surface area contributed by atoms with Gasteiger partial charge in [-0.1, -0.05) is 25.1 Å². The molecule has 2 N–H and O–H groups in total. The Balaban J connectivity index is 2.35. The topological polar surface area (TPSA) is 75.6 Å². The lowest BCUT2D eigenvalue weighted by molar-refractivity contribution is -0.142. The third-order valence-electron chi connectivity index (χ3n) is 2.72. The number of carbonyl (C=O) groups excluding carboxylic acids is 1. The Morgan fingerprint density at radius 2 is 2.05 bits per heavy atom. The van der Waals surface area contributed by atoms with Crippen molar-refractivity contribution in [1.29, 1.82) is 0 Å². The predicted molar refractivity (Wildman–Crippen MR) is 71.1 cm³/mol. The van der Waals surface area contributed by atoms with Crippen molar-refractivity contribution in [2.24, 2.45) is 0 Å². The Kier molecular flexibility index (Phi) is 5.85. The molecule has 19 heavy (non-hydrogen) atoms. The Morgan fingerprint density at radius 1 is 1.37 bits per heavy atom. The maximum atomic E-state index is 11.5. The van der Waals surface area contributed by atoms with E-state index in [9.17, 15) is 9.59 Å². The van der Waals surface area contributed by atoms with Crippen molar-refractivity contribution in [2.75, 3.05) is 6.61 Å². The lowest BCUT2D eigenvalue weighted by atomic mass is 10.2. The van der Waals surface area contributed by atoms with E-state index >= 15 is 0 Å². The highest BCUT2D eigenvalue weighted by molar-refractivity contribution is 5.83. The highest BCUT2D eigenvalue weighted by Crippen LogP contribution is 2.16. The molecule has 0 fully saturated rings. The number of hydrogen-bond donors (Lipinski definition) is 2. The van der Waals surface area contributed by atoms with Crippen molar-refractivity contribution in [3.63, 3.8) is 0 Å². The van der Waals surface area contributed by atoms with Crippen molar-refractivity contribution in [3.05, 3.63) is 29.8 Å². The van der Waals surface area contributed by atoms with Crippen LogP contribution >= 0.6 is 0 Å². The van der Waals surface area contributed by atoms with Gasteiger partial charge in [0, 0.05) is 0 Å². The molecule has 0 saturated heterocycles. The monoisotopic (exact) mass is 265 g/mol. The maximum absolute atomic E-state index is 11.5. The van der Waals surface area contributed by atoms with E-state index in [1.807, 2.05) is 31.2 Å². The number of ether oxygens (including phenoxy) is 1. The Bertz CT molecular complexity index is 445. The molecule has 0 radical (unpaired) electrons. The maximum Gasteiger partial charge on any atom is 0.326 e. The van der Waals surface area contributed by atoms with Crippen LogP contribution in [0.5, 0.6) is 5.75 Å². The first-order chi connectivity index (χ1) is 9.04. The molecule has 0 aliphatic rings. The van der Waals surface area contributed by atoms with E-state index in [4.69, 9.17) is 9.84 Å². The van der Waals surface area contributed by atoms with Crippen LogP contribution in [0, 0.1) is 6.92 Å². The predicted octanol–water partition coefficient (Wildman–Crippen LogP) is 1.74. The van der Waals surface area contributed by atoms with Gasteiger partial charge in [0.2, 0.25) is 5.91 Å². The van der Waals surface area contributed by atoms with Crippen molar-refractivity contribution >= 4 is 11.9 Å². The number of aryl methyl sites for hydroxylation is 1. The SMILES string of the molecule is CC[C@@H](NC(=O)CCOc1ccccc1C)C(=O)O. The Morgan fingerprint density at radius 3 is 2.63 bits per heavy atom. The summed E-state index contributed by atoms with van der Waals surface area (Å²) in [6.45, 7) is 3.86. The standard InChI is InChI=1S/C14H19NO4/c1-3-11(14(17)18)15-13(16)8-9-19-12-7-5-4-6-10(12)2/h4-7,11H,3,8-9H2,1-2H3,(H,15,16)(H,17,18)/t11-/m1/s1. The molecule has 0 bridgehead atoms. The van der Waals surface area contributed by atoms with E-state index in [-0.39, 0.29) is 18.9 Å². The number of carboxylic acid groups (broad SMARTS) is 1. The molecule has 104 valence electrons. The minimum Gasteiger partial charge on any atom is -0.493 e. The number of aliphatic carboxylic acids is 1. The van der Waals surface area contributed by atoms with Gasteiger partial charge in [-0.05, 0) is 25.0 Å². The van der Waals surface area contributed by atoms with Gasteiger partial charge >= 0.3 is 5.97 Å². The molecule has 0 unspecified atom stereocenters. The van der Waals surface area contributed by atoms with E-state index in [2.05, 4.69) is 5.32 Å². The van der Waals surface area contributed by atoms with Gasteiger partial charge in [0.05, 0.1) is 13.0 Å². The minimum atomic E-state index is -1.02. The summed E-state index contributed by atoms with van der Waals surface area (Å²) in [4.78, 5) is 22.3. The number of carboxylic acids is 1. The molecular weight excluding hydrogens is 246 g/mol. The summed E-state index contributed by atoms with van der Waals surface area (Å²) in [6.07, 6.45) is 0.498. The van der Waals surface area contributed by atoms with E-state index in [0.717, 1.165) is 11.3 Å². The Hall–Kier alpha value is -2.04. The largest absolute Gasteiger partial charge is 0.493 e. The summed E-state index contributed by atoms with van der Waals surface area (Å²) in [5.41, 5.74) is 1.000. The lowest BCUT2D eigenvalue weighted by Crippen LogP contribution is -2.40. The van der Waals surface area contributed by atoms with Gasteiger partial charge in [0.25, 0.3) is 0 Å². The minimum absolute atomic E-state index is 0.137. The molecule has 1 atom stereocenters. The van der Waals surface area contributed by atoms with Crippen LogP contribution in [0.3, 0.4) is 0 Å². The van der Waals surface area contributed by atoms with Gasteiger partial charge < -0.3 is 15.2 Å². The van der Waals surface area contributed by atoms with Crippen LogP contribution in [-0.2, 0) is 9.59 Å². The molecular formula is C14H19NO4. The smallest absolute Gasteiger partial charge is 0.326 e. The molecule has 0 spiro atoms. The molecule has 0 heterocycles. The van der Waals surface area contributed by atoms with Crippen LogP contribution in [0.25, 0.3) is 0 Å². The number of amides is 1. The number of hydrogen-bond acceptors (Lipinski definition) is 3. The quantitative estimate of drug-likeness (QED) is 0.787. The number of para-hydroxylation sites is 1. The van der Waals surface area contributed by atoms with Gasteiger partial charge in [-0.3, -0.25) is 4.79 Å². The van der Waals surface area contributed by atoms with Crippen molar-refractivity contribution in [1.82, 2.24) is 5.32 Å². The first kappa shape index (κ1) is 15.0. The summed E-state index contributed by atoms with van der Waals surface area (Å²) >= 11 is 0. The van der Waals surface area contributed by atoms with Crippen LogP contribution in [0.1, 0.15) is 25.3 Å². The van der Waals surface area contributed by atoms with Crippen LogP contribution in [0.4, 0.5) is 0 Å². The van der Waals surface area contributed by atoms with Crippen LogP contribution < -0.4 is 10.1 Å². The summed E-state index contributed by atoms with van der Waals surface area (Å²) in [5.74, 6) is -0.598. The van der Waals surface area contributed by atoms with Crippen molar-refractivity contribution in [3.8, 4) is 5.75 Å². The molecule has 5 nitrogen and oxygen atoms in total. The summed E-state index contributed by atoms with van der Waals surface area (Å²) in [5, 5.41) is 11.3. The average molecular weight is 265 g/mol. The summed E-state index contributed by atoms with van der Waals surface area (Å²) in [7, 11) is 0. The van der Waals surface area contributed by atoms with Crippen molar-refractivity contribution < 1.29 is 19.4 Å². The molecule has 1 aromatic carbocycles. The van der Waals surface area contributed by atoms with E-state index in [1.54, 1.807) is 6.92 Å². The van der Waals surface area contributed by atoms with Gasteiger partial charge in [0.1, 0.15) is 11.8 Å². The molecule has 5 heteroatoms. The molecule has 0 aliphatic heterocycles. The summed E-state index contributed by atoms with van der Waals surface area (Å²) < 4.78 is 5.47. The number of benzene rings is 1. The van der Waals surface area contributed by atoms with Crippen LogP contribution in [0.15, 0.2) is 24.3 Å². The normalized spacial score (nSPS) is 11.7. The second-order valence-corrected chi connectivity index (χ2v) is 4.23. The number of rotatable bonds is 7. The third kappa shape index (κ3) is 4.99. The average Bonchev–Trinajstić information content (AvgIpc) is 2.38. The zero-order chi connectivity index (χ0) is 14.3. The number of carbonyl (C=O) groups is 2. The van der Waals surface area contributed by atoms with E-state index in [1.165, 1.54) is 0 Å². The highest BCUT2D eigenvalue weighted by Gasteiger charge is 2.17. The summed E-state index contributed by atoms with van der Waals surface area (Å²) in [6, 6.07) is 6.70. The second kappa shape index (κ2) is 7.41. The fourth-order valence-electron chi connectivity index (χ4n) is 1.58. The molecule has 0 aliphatic carbocycles. The zero-order valence-electron chi connectivity index (χ0n) is 11.2. The van der Waals surface area contributed by atoms with Crippen LogP contribution in [0.2, 0.25) is 0 Å². The van der Waals surface area contributed by atoms with E-state index in [0.29, 0.717) is 6.42 Å². The first-order valence-electron chi connectivity index (χ1n) is 6.25.